The lowest BCUT2D eigenvalue weighted by molar-refractivity contribution is 0.201. The molecule has 3 rings (SSSR count). The van der Waals surface area contributed by atoms with Gasteiger partial charge in [0.25, 0.3) is 0 Å². The van der Waals surface area contributed by atoms with Crippen molar-refractivity contribution in [3.8, 4) is 11.1 Å². The average Bonchev–Trinajstić information content (AvgIpc) is 2.49. The Morgan fingerprint density at radius 1 is 0.952 bits per heavy atom. The summed E-state index contributed by atoms with van der Waals surface area (Å²) in [5.41, 5.74) is 9.97. The van der Waals surface area contributed by atoms with Gasteiger partial charge < -0.3 is 5.73 Å². The van der Waals surface area contributed by atoms with E-state index in [2.05, 4.69) is 59.5 Å². The highest BCUT2D eigenvalue weighted by molar-refractivity contribution is 5.85. The maximum atomic E-state index is 6.04. The van der Waals surface area contributed by atoms with Gasteiger partial charge in [0, 0.05) is 19.1 Å². The molecule has 2 nitrogen and oxygen atoms in total. The van der Waals surface area contributed by atoms with E-state index in [1.54, 1.807) is 0 Å². The van der Waals surface area contributed by atoms with E-state index in [1.165, 1.54) is 36.1 Å². The molecule has 0 amide bonds. The highest BCUT2D eigenvalue weighted by Crippen LogP contribution is 2.20. The predicted molar refractivity (Wildman–Crippen MR) is 91.6 cm³/mol. The number of nitrogens with zero attached hydrogens (tertiary/aromatic N) is 1. The van der Waals surface area contributed by atoms with E-state index in [-0.39, 0.29) is 12.4 Å². The third-order valence-corrected chi connectivity index (χ3v) is 4.01. The maximum absolute atomic E-state index is 6.04. The van der Waals surface area contributed by atoms with Crippen LogP contribution in [0.1, 0.15) is 18.4 Å². The Kier molecular flexibility index (Phi) is 5.80. The van der Waals surface area contributed by atoms with Gasteiger partial charge in [-0.15, -0.1) is 12.4 Å². The number of likely N-dealkylation sites (tertiary alicyclic amines) is 1. The van der Waals surface area contributed by atoms with Crippen LogP contribution in [0, 0.1) is 0 Å². The highest BCUT2D eigenvalue weighted by atomic mass is 35.5. The molecule has 1 fully saturated rings. The summed E-state index contributed by atoms with van der Waals surface area (Å²) in [6, 6.07) is 19.8. The van der Waals surface area contributed by atoms with Crippen molar-refractivity contribution in [3.05, 3.63) is 60.2 Å². The average molecular weight is 303 g/mol. The fraction of sp³-hybridized carbons (Fsp3) is 0.333. The SMILES string of the molecule is Cl.N[C@@H]1CCCN(Cc2ccc(-c3ccccc3)cc2)C1. The van der Waals surface area contributed by atoms with Crippen LogP contribution in [0.15, 0.2) is 54.6 Å². The molecule has 1 heterocycles. The van der Waals surface area contributed by atoms with Crippen LogP contribution < -0.4 is 5.73 Å². The molecule has 112 valence electrons. The van der Waals surface area contributed by atoms with Crippen LogP contribution in [0.5, 0.6) is 0 Å². The standard InChI is InChI=1S/C18H22N2.ClH/c19-18-7-4-12-20(14-18)13-15-8-10-17(11-9-15)16-5-2-1-3-6-16;/h1-3,5-6,8-11,18H,4,7,12-14,19H2;1H/t18-;/m1./s1. The fourth-order valence-electron chi connectivity index (χ4n) is 2.93. The summed E-state index contributed by atoms with van der Waals surface area (Å²) in [5.74, 6) is 0. The fourth-order valence-corrected chi connectivity index (χ4v) is 2.93. The third-order valence-electron chi connectivity index (χ3n) is 4.01. The zero-order chi connectivity index (χ0) is 13.8. The number of piperidine rings is 1. The van der Waals surface area contributed by atoms with Crippen molar-refractivity contribution < 1.29 is 0 Å². The Hall–Kier alpha value is -1.35. The largest absolute Gasteiger partial charge is 0.327 e. The quantitative estimate of drug-likeness (QED) is 0.937. The second kappa shape index (κ2) is 7.60. The minimum absolute atomic E-state index is 0. The smallest absolute Gasteiger partial charge is 0.0234 e. The van der Waals surface area contributed by atoms with Gasteiger partial charge in [0.05, 0.1) is 0 Å². The molecule has 0 aliphatic carbocycles. The summed E-state index contributed by atoms with van der Waals surface area (Å²) in [6.45, 7) is 3.22. The van der Waals surface area contributed by atoms with Gasteiger partial charge in [0.15, 0.2) is 0 Å². The van der Waals surface area contributed by atoms with Crippen molar-refractivity contribution in [2.24, 2.45) is 5.73 Å². The molecule has 2 aromatic carbocycles. The topological polar surface area (TPSA) is 29.3 Å². The first-order chi connectivity index (χ1) is 9.81. The molecule has 1 aliphatic heterocycles. The Bertz CT molecular complexity index is 539. The summed E-state index contributed by atoms with van der Waals surface area (Å²) in [4.78, 5) is 2.46. The second-order valence-electron chi connectivity index (χ2n) is 5.70. The van der Waals surface area contributed by atoms with Gasteiger partial charge in [-0.3, -0.25) is 4.90 Å². The van der Waals surface area contributed by atoms with Crippen LogP contribution in [0.2, 0.25) is 0 Å². The second-order valence-corrected chi connectivity index (χ2v) is 5.70. The molecular weight excluding hydrogens is 280 g/mol. The zero-order valence-corrected chi connectivity index (χ0v) is 13.1. The molecule has 2 N–H and O–H groups in total. The Balaban J connectivity index is 0.00000161. The third kappa shape index (κ3) is 4.31. The molecule has 1 atom stereocenters. The number of hydrogen-bond donors (Lipinski definition) is 1. The summed E-state index contributed by atoms with van der Waals surface area (Å²) < 4.78 is 0. The molecule has 1 saturated heterocycles. The minimum atomic E-state index is 0. The number of hydrogen-bond acceptors (Lipinski definition) is 2. The molecule has 1 aliphatic rings. The van der Waals surface area contributed by atoms with Crippen LogP contribution in [-0.2, 0) is 6.54 Å². The van der Waals surface area contributed by atoms with Gasteiger partial charge in [0.2, 0.25) is 0 Å². The van der Waals surface area contributed by atoms with Gasteiger partial charge in [-0.1, -0.05) is 54.6 Å². The van der Waals surface area contributed by atoms with Crippen LogP contribution >= 0.6 is 12.4 Å². The highest BCUT2D eigenvalue weighted by Gasteiger charge is 2.16. The van der Waals surface area contributed by atoms with Crippen molar-refractivity contribution in [3.63, 3.8) is 0 Å². The predicted octanol–water partition coefficient (Wildman–Crippen LogP) is 3.70. The van der Waals surface area contributed by atoms with E-state index < -0.39 is 0 Å². The first-order valence-electron chi connectivity index (χ1n) is 7.43. The van der Waals surface area contributed by atoms with E-state index in [4.69, 9.17) is 5.73 Å². The van der Waals surface area contributed by atoms with Gasteiger partial charge in [-0.2, -0.15) is 0 Å². The van der Waals surface area contributed by atoms with Crippen LogP contribution in [0.3, 0.4) is 0 Å². The minimum Gasteiger partial charge on any atom is -0.327 e. The number of nitrogens with two attached hydrogens (primary N) is 1. The lowest BCUT2D eigenvalue weighted by Crippen LogP contribution is -2.42. The molecule has 0 aromatic heterocycles. The molecule has 0 radical (unpaired) electrons. The lowest BCUT2D eigenvalue weighted by atomic mass is 10.0. The van der Waals surface area contributed by atoms with Gasteiger partial charge in [-0.05, 0) is 36.1 Å². The lowest BCUT2D eigenvalue weighted by Gasteiger charge is -2.30. The van der Waals surface area contributed by atoms with Gasteiger partial charge in [0.1, 0.15) is 0 Å². The van der Waals surface area contributed by atoms with Crippen LogP contribution in [0.4, 0.5) is 0 Å². The monoisotopic (exact) mass is 302 g/mol. The summed E-state index contributed by atoms with van der Waals surface area (Å²) in [5, 5.41) is 0. The van der Waals surface area contributed by atoms with Crippen molar-refractivity contribution in [2.75, 3.05) is 13.1 Å². The molecule has 3 heteroatoms. The summed E-state index contributed by atoms with van der Waals surface area (Å²) >= 11 is 0. The summed E-state index contributed by atoms with van der Waals surface area (Å²) in [6.07, 6.45) is 2.40. The normalized spacial score (nSPS) is 19.0. The van der Waals surface area contributed by atoms with E-state index in [1.807, 2.05) is 0 Å². The number of halogens is 1. The van der Waals surface area contributed by atoms with E-state index >= 15 is 0 Å². The first-order valence-corrected chi connectivity index (χ1v) is 7.43. The Morgan fingerprint density at radius 3 is 2.29 bits per heavy atom. The van der Waals surface area contributed by atoms with E-state index in [9.17, 15) is 0 Å². The van der Waals surface area contributed by atoms with Crippen molar-refractivity contribution in [1.29, 1.82) is 0 Å². The van der Waals surface area contributed by atoms with Crippen molar-refractivity contribution >= 4 is 12.4 Å². The molecule has 0 saturated carbocycles. The Labute approximate surface area is 133 Å². The molecule has 0 bridgehead atoms. The molecule has 0 spiro atoms. The first kappa shape index (κ1) is 16.0. The molecule has 21 heavy (non-hydrogen) atoms. The maximum Gasteiger partial charge on any atom is 0.0234 e. The number of benzene rings is 2. The molecule has 2 aromatic rings. The van der Waals surface area contributed by atoms with Gasteiger partial charge in [-0.25, -0.2) is 0 Å². The molecular formula is C18H23ClN2. The van der Waals surface area contributed by atoms with Crippen molar-refractivity contribution in [1.82, 2.24) is 4.90 Å². The van der Waals surface area contributed by atoms with Crippen molar-refractivity contribution in [2.45, 2.75) is 25.4 Å². The zero-order valence-electron chi connectivity index (χ0n) is 12.2. The van der Waals surface area contributed by atoms with E-state index in [0.29, 0.717) is 6.04 Å². The van der Waals surface area contributed by atoms with Crippen LogP contribution in [0.25, 0.3) is 11.1 Å². The van der Waals surface area contributed by atoms with E-state index in [0.717, 1.165) is 13.1 Å². The van der Waals surface area contributed by atoms with Gasteiger partial charge >= 0.3 is 0 Å². The number of rotatable bonds is 3. The Morgan fingerprint density at radius 2 is 1.62 bits per heavy atom. The summed E-state index contributed by atoms with van der Waals surface area (Å²) in [7, 11) is 0. The molecule has 0 unspecified atom stereocenters. The van der Waals surface area contributed by atoms with Crippen LogP contribution in [-0.4, -0.2) is 24.0 Å².